The Hall–Kier alpha value is -2.70. The Labute approximate surface area is 174 Å². The molecule has 0 aliphatic carbocycles. The van der Waals surface area contributed by atoms with Crippen LogP contribution in [0.2, 0.25) is 5.02 Å². The van der Waals surface area contributed by atoms with E-state index in [1.165, 1.54) is 0 Å². The second-order valence-corrected chi connectivity index (χ2v) is 7.71. The molecule has 0 spiro atoms. The first-order valence-corrected chi connectivity index (χ1v) is 10.1. The van der Waals surface area contributed by atoms with Gasteiger partial charge in [-0.3, -0.25) is 9.78 Å². The molecule has 0 radical (unpaired) electrons. The molecule has 1 aliphatic rings. The summed E-state index contributed by atoms with van der Waals surface area (Å²) in [4.78, 5) is 23.9. The van der Waals surface area contributed by atoms with Crippen molar-refractivity contribution in [3.63, 3.8) is 0 Å². The number of aromatic nitrogens is 2. The van der Waals surface area contributed by atoms with Crippen LogP contribution in [0, 0.1) is 0 Å². The third kappa shape index (κ3) is 3.78. The molecule has 3 heterocycles. The van der Waals surface area contributed by atoms with Crippen LogP contribution in [-0.2, 0) is 17.9 Å². The number of nitrogens with zero attached hydrogens (tertiary/aromatic N) is 3. The maximum Gasteiger partial charge on any atom is 0.254 e. The fraction of sp³-hybridized carbons (Fsp3) is 0.318. The lowest BCUT2D eigenvalue weighted by atomic mass is 10.00. The van der Waals surface area contributed by atoms with E-state index in [9.17, 15) is 4.79 Å². The highest BCUT2D eigenvalue weighted by molar-refractivity contribution is 6.30. The van der Waals surface area contributed by atoms with Crippen LogP contribution >= 0.6 is 11.6 Å². The summed E-state index contributed by atoms with van der Waals surface area (Å²) >= 11 is 5.92. The molecule has 1 amide bonds. The zero-order valence-electron chi connectivity index (χ0n) is 16.5. The van der Waals surface area contributed by atoms with Crippen LogP contribution in [0.5, 0.6) is 0 Å². The van der Waals surface area contributed by atoms with Crippen molar-refractivity contribution >= 4 is 34.2 Å². The number of hydrogen-bond acceptors (Lipinski definition) is 5. The highest BCUT2D eigenvalue weighted by Crippen LogP contribution is 2.38. The fourth-order valence-electron chi connectivity index (χ4n) is 3.80. The molecule has 0 fully saturated rings. The Bertz CT molecular complexity index is 1070. The summed E-state index contributed by atoms with van der Waals surface area (Å²) in [6.07, 6.45) is 2.36. The van der Waals surface area contributed by atoms with Gasteiger partial charge in [0.25, 0.3) is 5.91 Å². The van der Waals surface area contributed by atoms with Crippen LogP contribution in [0.1, 0.15) is 53.6 Å². The van der Waals surface area contributed by atoms with E-state index >= 15 is 0 Å². The molecule has 0 bridgehead atoms. The number of nitrogen functional groups attached to an aromatic ring is 1. The molecule has 1 aromatic carbocycles. The summed E-state index contributed by atoms with van der Waals surface area (Å²) in [6, 6.07) is 9.20. The van der Waals surface area contributed by atoms with Gasteiger partial charge < -0.3 is 15.4 Å². The number of carbonyl (C=O) groups is 1. The molecule has 150 valence electrons. The first-order chi connectivity index (χ1) is 14.0. The van der Waals surface area contributed by atoms with Crippen LogP contribution in [0.15, 0.2) is 36.5 Å². The average Bonchev–Trinajstić information content (AvgIpc) is 3.11. The van der Waals surface area contributed by atoms with Crippen molar-refractivity contribution in [2.24, 2.45) is 0 Å². The van der Waals surface area contributed by atoms with Gasteiger partial charge in [-0.1, -0.05) is 18.5 Å². The minimum atomic E-state index is -0.0890. The molecule has 0 saturated carbocycles. The van der Waals surface area contributed by atoms with Crippen molar-refractivity contribution in [2.45, 2.75) is 39.5 Å². The Morgan fingerprint density at radius 1 is 1.34 bits per heavy atom. The van der Waals surface area contributed by atoms with Crippen molar-refractivity contribution in [1.29, 1.82) is 0 Å². The van der Waals surface area contributed by atoms with Crippen molar-refractivity contribution in [3.8, 4) is 0 Å². The van der Waals surface area contributed by atoms with Gasteiger partial charge in [0, 0.05) is 29.3 Å². The van der Waals surface area contributed by atoms with E-state index in [0.29, 0.717) is 36.1 Å². The Balaban J connectivity index is 1.69. The Morgan fingerprint density at radius 3 is 2.90 bits per heavy atom. The first-order valence-electron chi connectivity index (χ1n) is 9.71. The van der Waals surface area contributed by atoms with E-state index in [1.54, 1.807) is 18.3 Å². The maximum absolute atomic E-state index is 13.3. The normalized spacial score (nSPS) is 15.5. The Morgan fingerprint density at radius 2 is 2.17 bits per heavy atom. The number of benzene rings is 1. The van der Waals surface area contributed by atoms with Crippen LogP contribution in [-0.4, -0.2) is 27.3 Å². The second-order valence-electron chi connectivity index (χ2n) is 7.27. The molecule has 7 heteroatoms. The first kappa shape index (κ1) is 19.6. The van der Waals surface area contributed by atoms with Gasteiger partial charge in [0.15, 0.2) is 0 Å². The molecule has 2 aromatic heterocycles. The van der Waals surface area contributed by atoms with Gasteiger partial charge in [-0.25, -0.2) is 4.98 Å². The minimum Gasteiger partial charge on any atom is -0.383 e. The number of anilines is 1. The predicted molar refractivity (Wildman–Crippen MR) is 114 cm³/mol. The number of carbonyl (C=O) groups excluding carboxylic acids is 1. The molecule has 1 atom stereocenters. The smallest absolute Gasteiger partial charge is 0.254 e. The lowest BCUT2D eigenvalue weighted by Gasteiger charge is -2.22. The monoisotopic (exact) mass is 410 g/mol. The quantitative estimate of drug-likeness (QED) is 0.669. The summed E-state index contributed by atoms with van der Waals surface area (Å²) in [5, 5.41) is 1.50. The van der Waals surface area contributed by atoms with Crippen molar-refractivity contribution < 1.29 is 9.53 Å². The molecule has 29 heavy (non-hydrogen) atoms. The van der Waals surface area contributed by atoms with E-state index in [0.717, 1.165) is 34.1 Å². The van der Waals surface area contributed by atoms with Gasteiger partial charge in [0.1, 0.15) is 5.82 Å². The van der Waals surface area contributed by atoms with Crippen LogP contribution in [0.25, 0.3) is 10.9 Å². The van der Waals surface area contributed by atoms with Crippen molar-refractivity contribution in [2.75, 3.05) is 12.3 Å². The van der Waals surface area contributed by atoms with Crippen molar-refractivity contribution in [1.82, 2.24) is 14.9 Å². The molecule has 0 unspecified atom stereocenters. The van der Waals surface area contributed by atoms with Crippen LogP contribution in [0.4, 0.5) is 5.82 Å². The lowest BCUT2D eigenvalue weighted by molar-refractivity contribution is 0.0741. The molecule has 1 aliphatic heterocycles. The summed E-state index contributed by atoms with van der Waals surface area (Å²) in [6.45, 7) is 5.56. The number of amides is 1. The molecular weight excluding hydrogens is 388 g/mol. The van der Waals surface area contributed by atoms with Gasteiger partial charge >= 0.3 is 0 Å². The van der Waals surface area contributed by atoms with Gasteiger partial charge in [-0.05, 0) is 49.2 Å². The van der Waals surface area contributed by atoms with Crippen LogP contribution < -0.4 is 5.73 Å². The van der Waals surface area contributed by atoms with E-state index in [4.69, 9.17) is 22.1 Å². The topological polar surface area (TPSA) is 81.3 Å². The zero-order chi connectivity index (χ0) is 20.5. The third-order valence-corrected chi connectivity index (χ3v) is 5.44. The third-order valence-electron chi connectivity index (χ3n) is 5.22. The molecule has 6 nitrogen and oxygen atoms in total. The lowest BCUT2D eigenvalue weighted by Crippen LogP contribution is -2.31. The van der Waals surface area contributed by atoms with Crippen LogP contribution in [0.3, 0.4) is 0 Å². The molecule has 3 aromatic rings. The van der Waals surface area contributed by atoms with Gasteiger partial charge in [0.05, 0.1) is 35.5 Å². The van der Waals surface area contributed by atoms with Gasteiger partial charge in [-0.2, -0.15) is 0 Å². The summed E-state index contributed by atoms with van der Waals surface area (Å²) < 4.78 is 5.75. The van der Waals surface area contributed by atoms with Gasteiger partial charge in [0.2, 0.25) is 0 Å². The molecule has 4 rings (SSSR count). The average molecular weight is 411 g/mol. The Kier molecular flexibility index (Phi) is 5.39. The minimum absolute atomic E-state index is 0.0389. The molecular formula is C22H23ClN4O2. The molecule has 2 N–H and O–H groups in total. The van der Waals surface area contributed by atoms with Gasteiger partial charge in [-0.15, -0.1) is 0 Å². The highest BCUT2D eigenvalue weighted by Gasteiger charge is 2.26. The SMILES string of the molecule is CCCN(Cc1ccc(Cl)cn1)C(=O)c1ccc2nc(N)c3c(c2c1)CO[C@@H]3C. The number of hydrogen-bond donors (Lipinski definition) is 1. The number of halogens is 1. The van der Waals surface area contributed by atoms with Crippen molar-refractivity contribution in [3.05, 3.63) is 63.9 Å². The van der Waals surface area contributed by atoms with E-state index in [2.05, 4.69) is 9.97 Å². The second kappa shape index (κ2) is 7.97. The predicted octanol–water partition coefficient (Wildman–Crippen LogP) is 4.51. The summed E-state index contributed by atoms with van der Waals surface area (Å²) in [5.41, 5.74) is 10.3. The zero-order valence-corrected chi connectivity index (χ0v) is 17.2. The summed E-state index contributed by atoms with van der Waals surface area (Å²) in [7, 11) is 0. The highest BCUT2D eigenvalue weighted by atomic mass is 35.5. The standard InChI is InChI=1S/C22H23ClN4O2/c1-3-8-27(11-16-6-5-15(23)10-25-16)22(28)14-4-7-19-17(9-14)18-12-29-13(2)20(18)21(24)26-19/h4-7,9-10,13H,3,8,11-12H2,1-2H3,(H2,24,26)/t13-/m1/s1. The summed E-state index contributed by atoms with van der Waals surface area (Å²) in [5.74, 6) is 0.459. The van der Waals surface area contributed by atoms with E-state index < -0.39 is 0 Å². The maximum atomic E-state index is 13.3. The largest absolute Gasteiger partial charge is 0.383 e. The number of nitrogens with two attached hydrogens (primary N) is 1. The number of pyridine rings is 2. The number of ether oxygens (including phenoxy) is 1. The number of fused-ring (bicyclic) bond motifs is 3. The van der Waals surface area contributed by atoms with E-state index in [-0.39, 0.29) is 12.0 Å². The fourth-order valence-corrected chi connectivity index (χ4v) is 3.91. The number of rotatable bonds is 5. The molecule has 0 saturated heterocycles. The van der Waals surface area contributed by atoms with E-state index in [1.807, 2.05) is 36.9 Å².